The second kappa shape index (κ2) is 2.67. The second-order valence-electron chi connectivity index (χ2n) is 3.70. The van der Waals surface area contributed by atoms with Gasteiger partial charge in [-0.3, -0.25) is 4.79 Å². The van der Waals surface area contributed by atoms with E-state index >= 15 is 0 Å². The zero-order valence-corrected chi connectivity index (χ0v) is 7.66. The molecule has 3 rings (SSSR count). The lowest BCUT2D eigenvalue weighted by molar-refractivity contribution is 0.100. The van der Waals surface area contributed by atoms with Crippen molar-refractivity contribution in [2.45, 2.75) is 12.3 Å². The Bertz CT molecular complexity index is 437. The number of nitrogens with zero attached hydrogens (tertiary/aromatic N) is 1. The lowest BCUT2D eigenvalue weighted by Gasteiger charge is -2.06. The van der Waals surface area contributed by atoms with E-state index in [2.05, 4.69) is 10.3 Å². The van der Waals surface area contributed by atoms with E-state index < -0.39 is 0 Å². The number of carbonyl (C=O) groups excluding carboxylic acids is 1. The van der Waals surface area contributed by atoms with Gasteiger partial charge in [-0.25, -0.2) is 4.99 Å². The molecular formula is C11H10N2O. The number of hydrogen-bond donors (Lipinski definition) is 1. The first kappa shape index (κ1) is 7.74. The number of amides is 1. The molecule has 2 heterocycles. The van der Waals surface area contributed by atoms with Crippen LogP contribution in [0.25, 0.3) is 0 Å². The van der Waals surface area contributed by atoms with Crippen molar-refractivity contribution < 1.29 is 4.79 Å². The molecule has 0 bridgehead atoms. The molecule has 0 saturated carbocycles. The molecular weight excluding hydrogens is 176 g/mol. The number of hydrogen-bond acceptors (Lipinski definition) is 2. The van der Waals surface area contributed by atoms with Crippen LogP contribution >= 0.6 is 0 Å². The summed E-state index contributed by atoms with van der Waals surface area (Å²) in [7, 11) is 0. The van der Waals surface area contributed by atoms with Gasteiger partial charge in [-0.2, -0.15) is 0 Å². The third-order valence-electron chi connectivity index (χ3n) is 2.88. The highest BCUT2D eigenvalue weighted by atomic mass is 16.1. The highest BCUT2D eigenvalue weighted by Crippen LogP contribution is 2.37. The van der Waals surface area contributed by atoms with Crippen LogP contribution in [0.15, 0.2) is 23.2 Å². The van der Waals surface area contributed by atoms with Crippen LogP contribution < -0.4 is 5.32 Å². The van der Waals surface area contributed by atoms with E-state index in [0.29, 0.717) is 5.92 Å². The molecule has 1 N–H and O–H groups in total. The van der Waals surface area contributed by atoms with Gasteiger partial charge in [-0.1, -0.05) is 6.07 Å². The SMILES string of the molecule is O=C1N=CCC2CNc3cccc1c32. The highest BCUT2D eigenvalue weighted by Gasteiger charge is 2.28. The van der Waals surface area contributed by atoms with Gasteiger partial charge in [0.2, 0.25) is 0 Å². The molecule has 0 fully saturated rings. The average molecular weight is 186 g/mol. The average Bonchev–Trinajstić information content (AvgIpc) is 2.53. The summed E-state index contributed by atoms with van der Waals surface area (Å²) in [4.78, 5) is 15.5. The summed E-state index contributed by atoms with van der Waals surface area (Å²) in [5.74, 6) is 0.324. The minimum absolute atomic E-state index is 0.104. The van der Waals surface area contributed by atoms with Gasteiger partial charge >= 0.3 is 0 Å². The number of anilines is 1. The molecule has 1 aromatic carbocycles. The molecule has 1 atom stereocenters. The van der Waals surface area contributed by atoms with Gasteiger partial charge in [0.1, 0.15) is 0 Å². The zero-order chi connectivity index (χ0) is 9.54. The molecule has 1 aromatic rings. The fourth-order valence-electron chi connectivity index (χ4n) is 2.21. The fourth-order valence-corrected chi connectivity index (χ4v) is 2.21. The number of benzene rings is 1. The monoisotopic (exact) mass is 186 g/mol. The summed E-state index contributed by atoms with van der Waals surface area (Å²) in [6.07, 6.45) is 2.60. The Hall–Kier alpha value is -1.64. The summed E-state index contributed by atoms with van der Waals surface area (Å²) in [6, 6.07) is 5.80. The van der Waals surface area contributed by atoms with Crippen LogP contribution in [0.1, 0.15) is 28.3 Å². The van der Waals surface area contributed by atoms with Gasteiger partial charge in [-0.15, -0.1) is 0 Å². The first-order valence-electron chi connectivity index (χ1n) is 4.80. The van der Waals surface area contributed by atoms with Crippen LogP contribution in [0.3, 0.4) is 0 Å². The molecule has 1 amide bonds. The van der Waals surface area contributed by atoms with E-state index in [1.54, 1.807) is 6.21 Å². The Morgan fingerprint density at radius 2 is 2.36 bits per heavy atom. The van der Waals surface area contributed by atoms with Crippen LogP contribution in [0.5, 0.6) is 0 Å². The number of nitrogens with one attached hydrogen (secondary N) is 1. The molecule has 3 nitrogen and oxygen atoms in total. The summed E-state index contributed by atoms with van der Waals surface area (Å²) >= 11 is 0. The molecule has 0 aliphatic carbocycles. The highest BCUT2D eigenvalue weighted by molar-refractivity contribution is 6.03. The molecule has 2 aliphatic rings. The van der Waals surface area contributed by atoms with Gasteiger partial charge in [0.15, 0.2) is 0 Å². The Kier molecular flexibility index (Phi) is 1.48. The molecule has 70 valence electrons. The van der Waals surface area contributed by atoms with E-state index in [-0.39, 0.29) is 5.91 Å². The maximum atomic E-state index is 11.6. The van der Waals surface area contributed by atoms with Gasteiger partial charge in [0.05, 0.1) is 0 Å². The summed E-state index contributed by atoms with van der Waals surface area (Å²) in [5.41, 5.74) is 3.03. The second-order valence-corrected chi connectivity index (χ2v) is 3.70. The standard InChI is InChI=1S/C11H10N2O/c14-11-8-2-1-3-9-10(8)7(6-13-9)4-5-12-11/h1-3,5,7,13H,4,6H2. The van der Waals surface area contributed by atoms with Crippen molar-refractivity contribution in [3.8, 4) is 0 Å². The maximum absolute atomic E-state index is 11.6. The predicted molar refractivity (Wildman–Crippen MR) is 55.1 cm³/mol. The van der Waals surface area contributed by atoms with E-state index in [0.717, 1.165) is 29.8 Å². The summed E-state index contributed by atoms with van der Waals surface area (Å²) in [6.45, 7) is 0.922. The van der Waals surface area contributed by atoms with Crippen LogP contribution in [0, 0.1) is 0 Å². The van der Waals surface area contributed by atoms with Crippen molar-refractivity contribution in [3.63, 3.8) is 0 Å². The minimum Gasteiger partial charge on any atom is -0.384 e. The quantitative estimate of drug-likeness (QED) is 0.671. The topological polar surface area (TPSA) is 41.5 Å². The van der Waals surface area contributed by atoms with Crippen molar-refractivity contribution in [1.29, 1.82) is 0 Å². The molecule has 0 radical (unpaired) electrons. The first-order chi connectivity index (χ1) is 6.86. The first-order valence-corrected chi connectivity index (χ1v) is 4.80. The third-order valence-corrected chi connectivity index (χ3v) is 2.88. The molecule has 0 spiro atoms. The van der Waals surface area contributed by atoms with Crippen LogP contribution in [0.2, 0.25) is 0 Å². The van der Waals surface area contributed by atoms with Crippen molar-refractivity contribution in [2.24, 2.45) is 4.99 Å². The van der Waals surface area contributed by atoms with E-state index in [9.17, 15) is 4.79 Å². The van der Waals surface area contributed by atoms with Crippen LogP contribution in [-0.4, -0.2) is 18.7 Å². The van der Waals surface area contributed by atoms with Crippen molar-refractivity contribution in [1.82, 2.24) is 0 Å². The summed E-state index contributed by atoms with van der Waals surface area (Å²) in [5, 5.41) is 3.32. The van der Waals surface area contributed by atoms with Crippen LogP contribution in [-0.2, 0) is 0 Å². The van der Waals surface area contributed by atoms with Gasteiger partial charge in [-0.05, 0) is 24.1 Å². The zero-order valence-electron chi connectivity index (χ0n) is 7.66. The molecule has 2 aliphatic heterocycles. The van der Waals surface area contributed by atoms with E-state index in [4.69, 9.17) is 0 Å². The lowest BCUT2D eigenvalue weighted by atomic mass is 9.94. The van der Waals surface area contributed by atoms with Crippen molar-refractivity contribution in [3.05, 3.63) is 29.3 Å². The van der Waals surface area contributed by atoms with Gasteiger partial charge < -0.3 is 5.32 Å². The number of rotatable bonds is 0. The van der Waals surface area contributed by atoms with Crippen molar-refractivity contribution >= 4 is 17.8 Å². The fraction of sp³-hybridized carbons (Fsp3) is 0.273. The number of aliphatic imine (C=N–C) groups is 1. The van der Waals surface area contributed by atoms with E-state index in [1.165, 1.54) is 0 Å². The molecule has 14 heavy (non-hydrogen) atoms. The predicted octanol–water partition coefficient (Wildman–Crippen LogP) is 1.81. The molecule has 0 aromatic heterocycles. The minimum atomic E-state index is -0.104. The van der Waals surface area contributed by atoms with E-state index in [1.807, 2.05) is 18.2 Å². The molecule has 3 heteroatoms. The summed E-state index contributed by atoms with van der Waals surface area (Å²) < 4.78 is 0. The van der Waals surface area contributed by atoms with Crippen molar-refractivity contribution in [2.75, 3.05) is 11.9 Å². The Labute approximate surface area is 81.9 Å². The molecule has 1 unspecified atom stereocenters. The number of carbonyl (C=O) groups is 1. The smallest absolute Gasteiger partial charge is 0.277 e. The van der Waals surface area contributed by atoms with Crippen LogP contribution in [0.4, 0.5) is 5.69 Å². The maximum Gasteiger partial charge on any atom is 0.277 e. The Morgan fingerprint density at radius 1 is 1.43 bits per heavy atom. The van der Waals surface area contributed by atoms with Gasteiger partial charge in [0, 0.05) is 29.9 Å². The molecule has 0 saturated heterocycles. The third kappa shape index (κ3) is 0.923. The largest absolute Gasteiger partial charge is 0.384 e. The Balaban J connectivity index is 2.28. The Morgan fingerprint density at radius 3 is 3.29 bits per heavy atom. The lowest BCUT2D eigenvalue weighted by Crippen LogP contribution is -2.02. The normalized spacial score (nSPS) is 22.9. The van der Waals surface area contributed by atoms with Gasteiger partial charge in [0.25, 0.3) is 5.91 Å².